The Balaban J connectivity index is 2.02. The summed E-state index contributed by atoms with van der Waals surface area (Å²) in [4.78, 5) is 24.7. The number of carbonyl (C=O) groups excluding carboxylic acids is 1. The van der Waals surface area contributed by atoms with Crippen LogP contribution in [0.2, 0.25) is 0 Å². The second kappa shape index (κ2) is 8.43. The molecule has 0 amide bonds. The Hall–Kier alpha value is -3.54. The van der Waals surface area contributed by atoms with Crippen molar-refractivity contribution in [1.29, 1.82) is 0 Å². The molecule has 0 bridgehead atoms. The van der Waals surface area contributed by atoms with Gasteiger partial charge in [-0.1, -0.05) is 42.5 Å². The lowest BCUT2D eigenvalue weighted by Gasteiger charge is -2.09. The van der Waals surface area contributed by atoms with Crippen molar-refractivity contribution in [1.82, 2.24) is 9.78 Å². The fraction of sp³-hybridized carbons (Fsp3) is 0.136. The van der Waals surface area contributed by atoms with E-state index in [1.165, 1.54) is 23.9 Å². The van der Waals surface area contributed by atoms with E-state index < -0.39 is 11.5 Å². The zero-order chi connectivity index (χ0) is 20.1. The van der Waals surface area contributed by atoms with E-state index in [0.29, 0.717) is 16.8 Å². The Labute approximate surface area is 161 Å². The van der Waals surface area contributed by atoms with Gasteiger partial charge in [-0.15, -0.1) is 0 Å². The average molecular weight is 378 g/mol. The molecule has 1 aromatic heterocycles. The molecular weight excluding hydrogens is 359 g/mol. The van der Waals surface area contributed by atoms with Gasteiger partial charge in [0.25, 0.3) is 5.56 Å². The van der Waals surface area contributed by atoms with E-state index in [4.69, 9.17) is 4.74 Å². The zero-order valence-electron chi connectivity index (χ0n) is 15.6. The van der Waals surface area contributed by atoms with Gasteiger partial charge in [-0.2, -0.15) is 5.10 Å². The van der Waals surface area contributed by atoms with E-state index in [2.05, 4.69) is 5.10 Å². The van der Waals surface area contributed by atoms with Crippen molar-refractivity contribution in [3.63, 3.8) is 0 Å². The summed E-state index contributed by atoms with van der Waals surface area (Å²) in [5.74, 6) is -1.08. The molecule has 0 N–H and O–H groups in total. The first-order valence-corrected chi connectivity index (χ1v) is 8.68. The summed E-state index contributed by atoms with van der Waals surface area (Å²) in [6, 6.07) is 15.5. The van der Waals surface area contributed by atoms with Crippen molar-refractivity contribution in [3.05, 3.63) is 93.5 Å². The minimum Gasteiger partial charge on any atom is -0.465 e. The molecule has 5 nitrogen and oxygen atoms in total. The van der Waals surface area contributed by atoms with Gasteiger partial charge < -0.3 is 4.74 Å². The number of hydrogen-bond acceptors (Lipinski definition) is 4. The molecule has 3 aromatic rings. The molecule has 0 fully saturated rings. The molecular formula is C22H19FN2O3. The minimum atomic E-state index is -0.742. The first-order valence-electron chi connectivity index (χ1n) is 8.68. The summed E-state index contributed by atoms with van der Waals surface area (Å²) in [5.41, 5.74) is 1.74. The Morgan fingerprint density at radius 1 is 1.18 bits per heavy atom. The molecule has 0 aliphatic rings. The number of hydrogen-bond donors (Lipinski definition) is 0. The first-order chi connectivity index (χ1) is 13.5. The Morgan fingerprint density at radius 3 is 2.61 bits per heavy atom. The normalized spacial score (nSPS) is 11.0. The van der Waals surface area contributed by atoms with Gasteiger partial charge in [0.15, 0.2) is 0 Å². The van der Waals surface area contributed by atoms with Crippen LogP contribution in [0.4, 0.5) is 4.39 Å². The third kappa shape index (κ3) is 4.23. The molecule has 0 radical (unpaired) electrons. The van der Waals surface area contributed by atoms with Crippen molar-refractivity contribution < 1.29 is 13.9 Å². The van der Waals surface area contributed by atoms with Crippen LogP contribution < -0.4 is 5.56 Å². The molecule has 0 aliphatic carbocycles. The third-order valence-corrected chi connectivity index (χ3v) is 4.22. The van der Waals surface area contributed by atoms with E-state index >= 15 is 0 Å². The quantitative estimate of drug-likeness (QED) is 0.633. The Kier molecular flexibility index (Phi) is 5.79. The van der Waals surface area contributed by atoms with Crippen LogP contribution in [-0.4, -0.2) is 22.9 Å². The highest BCUT2D eigenvalue weighted by Gasteiger charge is 2.17. The summed E-state index contributed by atoms with van der Waals surface area (Å²) in [7, 11) is 1.21. The van der Waals surface area contributed by atoms with Crippen molar-refractivity contribution in [2.75, 3.05) is 7.11 Å². The number of allylic oxidation sites excluding steroid dienone is 1. The summed E-state index contributed by atoms with van der Waals surface area (Å²) in [5, 5.41) is 4.34. The number of halogens is 1. The molecule has 0 atom stereocenters. The van der Waals surface area contributed by atoms with Gasteiger partial charge in [-0.25, -0.2) is 13.9 Å². The van der Waals surface area contributed by atoms with Crippen LogP contribution in [0.3, 0.4) is 0 Å². The number of methoxy groups -OCH3 is 1. The van der Waals surface area contributed by atoms with Crippen LogP contribution in [0, 0.1) is 12.7 Å². The Bertz CT molecular complexity index is 1090. The maximum Gasteiger partial charge on any atom is 0.343 e. The van der Waals surface area contributed by atoms with Crippen LogP contribution in [0.5, 0.6) is 0 Å². The lowest BCUT2D eigenvalue weighted by molar-refractivity contribution is 0.0597. The van der Waals surface area contributed by atoms with Crippen LogP contribution in [0.1, 0.15) is 21.5 Å². The van der Waals surface area contributed by atoms with Crippen LogP contribution in [0.25, 0.3) is 17.3 Å². The topological polar surface area (TPSA) is 61.2 Å². The highest BCUT2D eigenvalue weighted by Crippen LogP contribution is 2.20. The maximum atomic E-state index is 13.6. The van der Waals surface area contributed by atoms with Gasteiger partial charge in [-0.05, 0) is 42.3 Å². The maximum absolute atomic E-state index is 13.6. The minimum absolute atomic E-state index is 0.123. The van der Waals surface area contributed by atoms with Crippen LogP contribution in [-0.2, 0) is 11.3 Å². The van der Waals surface area contributed by atoms with Gasteiger partial charge in [0, 0.05) is 5.56 Å². The van der Waals surface area contributed by atoms with E-state index in [1.54, 1.807) is 25.1 Å². The zero-order valence-corrected chi connectivity index (χ0v) is 15.6. The largest absolute Gasteiger partial charge is 0.465 e. The Morgan fingerprint density at radius 2 is 1.93 bits per heavy atom. The second-order valence-corrected chi connectivity index (χ2v) is 6.20. The van der Waals surface area contributed by atoms with Crippen LogP contribution in [0.15, 0.2) is 65.5 Å². The monoisotopic (exact) mass is 378 g/mol. The fourth-order valence-corrected chi connectivity index (χ4v) is 2.72. The van der Waals surface area contributed by atoms with Gasteiger partial charge >= 0.3 is 5.97 Å². The number of esters is 1. The summed E-state index contributed by atoms with van der Waals surface area (Å²) >= 11 is 0. The lowest BCUT2D eigenvalue weighted by Crippen LogP contribution is -2.29. The summed E-state index contributed by atoms with van der Waals surface area (Å²) in [6.45, 7) is 1.81. The van der Waals surface area contributed by atoms with Gasteiger partial charge in [0.2, 0.25) is 0 Å². The predicted octanol–water partition coefficient (Wildman–Crippen LogP) is 3.86. The van der Waals surface area contributed by atoms with Crippen LogP contribution >= 0.6 is 0 Å². The molecule has 0 spiro atoms. The van der Waals surface area contributed by atoms with Gasteiger partial charge in [-0.3, -0.25) is 4.79 Å². The SMILES string of the molecule is COC(=O)c1cc(-c2ccc(F)c(C)c2)nn(C/C=C/c2ccccc2)c1=O. The number of carbonyl (C=O) groups is 1. The molecule has 0 aliphatic heterocycles. The van der Waals surface area contributed by atoms with Gasteiger partial charge in [0.1, 0.15) is 11.4 Å². The van der Waals surface area contributed by atoms with Crippen molar-refractivity contribution in [2.24, 2.45) is 0 Å². The number of aryl methyl sites for hydroxylation is 1. The third-order valence-electron chi connectivity index (χ3n) is 4.22. The molecule has 0 unspecified atom stereocenters. The van der Waals surface area contributed by atoms with E-state index in [-0.39, 0.29) is 17.9 Å². The summed E-state index contributed by atoms with van der Waals surface area (Å²) in [6.07, 6.45) is 3.64. The second-order valence-electron chi connectivity index (χ2n) is 6.20. The molecule has 2 aromatic carbocycles. The van der Waals surface area contributed by atoms with Crippen molar-refractivity contribution >= 4 is 12.0 Å². The summed E-state index contributed by atoms with van der Waals surface area (Å²) < 4.78 is 19.5. The number of ether oxygens (including phenoxy) is 1. The molecule has 0 saturated carbocycles. The molecule has 142 valence electrons. The fourth-order valence-electron chi connectivity index (χ4n) is 2.72. The number of benzene rings is 2. The van der Waals surface area contributed by atoms with Crippen molar-refractivity contribution in [3.8, 4) is 11.3 Å². The molecule has 3 rings (SSSR count). The predicted molar refractivity (Wildman–Crippen MR) is 105 cm³/mol. The highest BCUT2D eigenvalue weighted by atomic mass is 19.1. The molecule has 0 saturated heterocycles. The number of aromatic nitrogens is 2. The molecule has 28 heavy (non-hydrogen) atoms. The molecule has 6 heteroatoms. The van der Waals surface area contributed by atoms with E-state index in [9.17, 15) is 14.0 Å². The van der Waals surface area contributed by atoms with E-state index in [1.807, 2.05) is 36.4 Å². The molecule has 1 heterocycles. The smallest absolute Gasteiger partial charge is 0.343 e. The number of rotatable bonds is 5. The van der Waals surface area contributed by atoms with E-state index in [0.717, 1.165) is 5.56 Å². The average Bonchev–Trinajstić information content (AvgIpc) is 2.71. The highest BCUT2D eigenvalue weighted by molar-refractivity contribution is 5.90. The van der Waals surface area contributed by atoms with Crippen molar-refractivity contribution in [2.45, 2.75) is 13.5 Å². The standard InChI is InChI=1S/C22H19FN2O3/c1-15-13-17(10-11-19(15)23)20-14-18(22(27)28-2)21(26)25(24-20)12-6-9-16-7-4-3-5-8-16/h3-11,13-14H,12H2,1-2H3/b9-6+. The van der Waals surface area contributed by atoms with Gasteiger partial charge in [0.05, 0.1) is 19.3 Å². The number of nitrogens with zero attached hydrogens (tertiary/aromatic N) is 2. The lowest BCUT2D eigenvalue weighted by atomic mass is 10.1. The first kappa shape index (κ1) is 19.2.